The van der Waals surface area contributed by atoms with Crippen LogP contribution < -0.4 is 14.8 Å². The molecule has 0 atom stereocenters. The summed E-state index contributed by atoms with van der Waals surface area (Å²) in [6.45, 7) is 0.444. The molecule has 1 amide bonds. The molecule has 1 aromatic heterocycles. The predicted octanol–water partition coefficient (Wildman–Crippen LogP) is 6.45. The third kappa shape index (κ3) is 4.57. The molecule has 0 fully saturated rings. The van der Waals surface area contributed by atoms with Crippen molar-refractivity contribution in [1.82, 2.24) is 4.98 Å². The zero-order valence-corrected chi connectivity index (χ0v) is 18.8. The lowest BCUT2D eigenvalue weighted by Crippen LogP contribution is -2.13. The normalized spacial score (nSPS) is 11.0. The number of nitrogens with one attached hydrogen (secondary N) is 1. The molecule has 0 bridgehead atoms. The zero-order chi connectivity index (χ0) is 23.3. The average molecular weight is 453 g/mol. The number of benzene rings is 4. The number of oxazole rings is 1. The number of para-hydroxylation sites is 1. The van der Waals surface area contributed by atoms with E-state index in [0.29, 0.717) is 31.0 Å². The first-order chi connectivity index (χ1) is 16.7. The molecule has 6 nitrogen and oxygen atoms in total. The first-order valence-corrected chi connectivity index (χ1v) is 11.2. The summed E-state index contributed by atoms with van der Waals surface area (Å²) in [4.78, 5) is 17.3. The van der Waals surface area contributed by atoms with Crippen molar-refractivity contribution in [3.63, 3.8) is 0 Å². The molecule has 1 N–H and O–H groups in total. The monoisotopic (exact) mass is 452 g/mol. The number of ether oxygens (including phenoxy) is 2. The number of carbonyl (C=O) groups excluding carboxylic acids is 1. The van der Waals surface area contributed by atoms with Crippen molar-refractivity contribution in [2.24, 2.45) is 0 Å². The number of hydrogen-bond donors (Lipinski definition) is 1. The standard InChI is InChI=1S/C28H24N2O4/c1-32-20-13-15-21(16-14-20)33-18-6-11-26(31)29-24-10-5-4-9-23(24)28-30-25-17-12-19-7-2-3-8-22(19)27(25)34-28/h2-5,7-10,12-17H,6,11,18H2,1H3,(H,29,31). The van der Waals surface area contributed by atoms with Crippen molar-refractivity contribution in [1.29, 1.82) is 0 Å². The van der Waals surface area contributed by atoms with Gasteiger partial charge in [0.1, 0.15) is 17.0 Å². The zero-order valence-electron chi connectivity index (χ0n) is 18.8. The van der Waals surface area contributed by atoms with E-state index in [-0.39, 0.29) is 5.91 Å². The van der Waals surface area contributed by atoms with Gasteiger partial charge in [-0.15, -0.1) is 0 Å². The summed E-state index contributed by atoms with van der Waals surface area (Å²) in [5.41, 5.74) is 2.93. The van der Waals surface area contributed by atoms with E-state index in [1.807, 2.05) is 84.9 Å². The molecule has 5 aromatic rings. The minimum absolute atomic E-state index is 0.0904. The summed E-state index contributed by atoms with van der Waals surface area (Å²) >= 11 is 0. The average Bonchev–Trinajstić information content (AvgIpc) is 3.32. The van der Waals surface area contributed by atoms with Gasteiger partial charge in [-0.05, 0) is 54.3 Å². The van der Waals surface area contributed by atoms with Gasteiger partial charge in [0.15, 0.2) is 5.58 Å². The predicted molar refractivity (Wildman–Crippen MR) is 133 cm³/mol. The van der Waals surface area contributed by atoms with Crippen LogP contribution in [0.2, 0.25) is 0 Å². The van der Waals surface area contributed by atoms with Gasteiger partial charge in [-0.2, -0.15) is 0 Å². The van der Waals surface area contributed by atoms with Crippen LogP contribution in [-0.4, -0.2) is 24.6 Å². The number of hydrogen-bond acceptors (Lipinski definition) is 5. The van der Waals surface area contributed by atoms with Crippen molar-refractivity contribution in [3.05, 3.63) is 84.9 Å². The SMILES string of the molecule is COc1ccc(OCCCC(=O)Nc2ccccc2-c2nc3ccc4ccccc4c3o2)cc1. The highest BCUT2D eigenvalue weighted by Crippen LogP contribution is 2.33. The van der Waals surface area contributed by atoms with E-state index in [1.165, 1.54) is 0 Å². The molecule has 0 saturated carbocycles. The maximum atomic E-state index is 12.6. The fourth-order valence-electron chi connectivity index (χ4n) is 3.86. The Morgan fingerprint density at radius 3 is 2.53 bits per heavy atom. The van der Waals surface area contributed by atoms with Gasteiger partial charge in [0.2, 0.25) is 11.8 Å². The third-order valence-electron chi connectivity index (χ3n) is 5.59. The van der Waals surface area contributed by atoms with Crippen LogP contribution in [0.1, 0.15) is 12.8 Å². The molecule has 5 rings (SSSR count). The largest absolute Gasteiger partial charge is 0.497 e. The fourth-order valence-corrected chi connectivity index (χ4v) is 3.86. The van der Waals surface area contributed by atoms with E-state index < -0.39 is 0 Å². The molecule has 0 radical (unpaired) electrons. The summed E-state index contributed by atoms with van der Waals surface area (Å²) in [5.74, 6) is 1.91. The van der Waals surface area contributed by atoms with E-state index in [1.54, 1.807) is 7.11 Å². The highest BCUT2D eigenvalue weighted by molar-refractivity contribution is 6.04. The first kappa shape index (κ1) is 21.5. The van der Waals surface area contributed by atoms with Crippen LogP contribution >= 0.6 is 0 Å². The van der Waals surface area contributed by atoms with Crippen LogP contribution in [-0.2, 0) is 4.79 Å². The Labute approximate surface area is 197 Å². The Bertz CT molecular complexity index is 1440. The molecule has 0 aliphatic rings. The van der Waals surface area contributed by atoms with Gasteiger partial charge in [0.25, 0.3) is 0 Å². The summed E-state index contributed by atoms with van der Waals surface area (Å²) in [6, 6.07) is 26.9. The van der Waals surface area contributed by atoms with E-state index in [2.05, 4.69) is 10.3 Å². The van der Waals surface area contributed by atoms with E-state index in [4.69, 9.17) is 13.9 Å². The fraction of sp³-hybridized carbons (Fsp3) is 0.143. The van der Waals surface area contributed by atoms with Crippen molar-refractivity contribution < 1.29 is 18.7 Å². The van der Waals surface area contributed by atoms with Crippen LogP contribution in [0.4, 0.5) is 5.69 Å². The molecule has 0 spiro atoms. The van der Waals surface area contributed by atoms with Gasteiger partial charge < -0.3 is 19.2 Å². The lowest BCUT2D eigenvalue weighted by molar-refractivity contribution is -0.116. The van der Waals surface area contributed by atoms with Gasteiger partial charge in [-0.25, -0.2) is 4.98 Å². The Balaban J connectivity index is 1.26. The first-order valence-electron chi connectivity index (χ1n) is 11.2. The lowest BCUT2D eigenvalue weighted by atomic mass is 10.1. The Kier molecular flexibility index (Phi) is 6.12. The highest BCUT2D eigenvalue weighted by atomic mass is 16.5. The molecule has 0 saturated heterocycles. The van der Waals surface area contributed by atoms with Crippen LogP contribution in [0.25, 0.3) is 33.3 Å². The van der Waals surface area contributed by atoms with Gasteiger partial charge in [0, 0.05) is 11.8 Å². The van der Waals surface area contributed by atoms with Crippen LogP contribution in [0.3, 0.4) is 0 Å². The quantitative estimate of drug-likeness (QED) is 0.274. The maximum absolute atomic E-state index is 12.6. The summed E-state index contributed by atoms with van der Waals surface area (Å²) < 4.78 is 17.0. The number of methoxy groups -OCH3 is 1. The maximum Gasteiger partial charge on any atom is 0.229 e. The van der Waals surface area contributed by atoms with E-state index in [9.17, 15) is 4.79 Å². The van der Waals surface area contributed by atoms with Crippen LogP contribution in [0, 0.1) is 0 Å². The number of nitrogens with zero attached hydrogens (tertiary/aromatic N) is 1. The topological polar surface area (TPSA) is 73.6 Å². The minimum Gasteiger partial charge on any atom is -0.497 e. The number of rotatable bonds is 8. The van der Waals surface area contributed by atoms with Gasteiger partial charge >= 0.3 is 0 Å². The molecular formula is C28H24N2O4. The van der Waals surface area contributed by atoms with Crippen LogP contribution in [0.5, 0.6) is 11.5 Å². The molecule has 0 aliphatic heterocycles. The van der Waals surface area contributed by atoms with E-state index >= 15 is 0 Å². The Morgan fingerprint density at radius 1 is 0.912 bits per heavy atom. The molecule has 4 aromatic carbocycles. The summed E-state index contributed by atoms with van der Waals surface area (Å²) in [5, 5.41) is 5.10. The van der Waals surface area contributed by atoms with Crippen molar-refractivity contribution in [2.75, 3.05) is 19.0 Å². The van der Waals surface area contributed by atoms with Crippen molar-refractivity contribution >= 4 is 33.5 Å². The molecule has 34 heavy (non-hydrogen) atoms. The van der Waals surface area contributed by atoms with Crippen LogP contribution in [0.15, 0.2) is 89.3 Å². The smallest absolute Gasteiger partial charge is 0.229 e. The number of fused-ring (bicyclic) bond motifs is 3. The second-order valence-electron chi connectivity index (χ2n) is 7.88. The third-order valence-corrected chi connectivity index (χ3v) is 5.59. The Morgan fingerprint density at radius 2 is 1.68 bits per heavy atom. The minimum atomic E-state index is -0.0904. The Hall–Kier alpha value is -4.32. The van der Waals surface area contributed by atoms with Crippen molar-refractivity contribution in [2.45, 2.75) is 12.8 Å². The van der Waals surface area contributed by atoms with Gasteiger partial charge in [0.05, 0.1) is 25.0 Å². The number of aromatic nitrogens is 1. The van der Waals surface area contributed by atoms with Gasteiger partial charge in [-0.1, -0.05) is 42.5 Å². The molecule has 0 unspecified atom stereocenters. The summed E-state index contributed by atoms with van der Waals surface area (Å²) in [7, 11) is 1.62. The van der Waals surface area contributed by atoms with E-state index in [0.717, 1.165) is 38.9 Å². The number of carbonyl (C=O) groups is 1. The van der Waals surface area contributed by atoms with Gasteiger partial charge in [-0.3, -0.25) is 4.79 Å². The molecular weight excluding hydrogens is 428 g/mol. The lowest BCUT2D eigenvalue weighted by Gasteiger charge is -2.10. The molecule has 6 heteroatoms. The molecule has 0 aliphatic carbocycles. The molecule has 170 valence electrons. The second-order valence-corrected chi connectivity index (χ2v) is 7.88. The summed E-state index contributed by atoms with van der Waals surface area (Å²) in [6.07, 6.45) is 0.928. The number of anilines is 1. The number of amides is 1. The highest BCUT2D eigenvalue weighted by Gasteiger charge is 2.15. The second kappa shape index (κ2) is 9.67. The van der Waals surface area contributed by atoms with Crippen molar-refractivity contribution in [3.8, 4) is 23.0 Å². The molecule has 1 heterocycles.